The van der Waals surface area contributed by atoms with Crippen molar-refractivity contribution in [2.45, 2.75) is 10.1 Å². The fourth-order valence-corrected chi connectivity index (χ4v) is 5.39. The number of amides is 1. The van der Waals surface area contributed by atoms with Gasteiger partial charge in [-0.25, -0.2) is 8.42 Å². The van der Waals surface area contributed by atoms with Crippen LogP contribution in [-0.4, -0.2) is 70.6 Å². The lowest BCUT2D eigenvalue weighted by molar-refractivity contribution is -0.385. The minimum atomic E-state index is -3.89. The summed E-state index contributed by atoms with van der Waals surface area (Å²) in [6.07, 6.45) is 0. The molecule has 1 aliphatic rings. The summed E-state index contributed by atoms with van der Waals surface area (Å²) in [7, 11) is -3.89. The molecule has 1 saturated heterocycles. The van der Waals surface area contributed by atoms with Gasteiger partial charge in [0.2, 0.25) is 21.8 Å². The van der Waals surface area contributed by atoms with Crippen LogP contribution >= 0.6 is 11.8 Å². The van der Waals surface area contributed by atoms with E-state index in [1.807, 2.05) is 30.3 Å². The van der Waals surface area contributed by atoms with Crippen molar-refractivity contribution >= 4 is 33.4 Å². The number of nitro benzene ring substituents is 1. The fourth-order valence-electron chi connectivity index (χ4n) is 3.26. The first-order chi connectivity index (χ1) is 15.8. The number of carbonyl (C=O) groups is 1. The van der Waals surface area contributed by atoms with Crippen LogP contribution in [0.1, 0.15) is 0 Å². The van der Waals surface area contributed by atoms with Crippen LogP contribution in [0.2, 0.25) is 0 Å². The van der Waals surface area contributed by atoms with Gasteiger partial charge in [-0.15, -0.1) is 10.2 Å². The number of sulfonamides is 1. The van der Waals surface area contributed by atoms with E-state index in [4.69, 9.17) is 4.42 Å². The number of nitro groups is 1. The number of carbonyl (C=O) groups excluding carboxylic acids is 1. The van der Waals surface area contributed by atoms with Gasteiger partial charge in [0.25, 0.3) is 10.9 Å². The molecule has 172 valence electrons. The Hall–Kier alpha value is -3.29. The number of non-ortho nitro benzene ring substituents is 1. The van der Waals surface area contributed by atoms with Crippen molar-refractivity contribution in [1.82, 2.24) is 19.4 Å². The third-order valence-corrected chi connectivity index (χ3v) is 7.70. The number of thioether (sulfide) groups is 1. The first-order valence-electron chi connectivity index (χ1n) is 9.89. The lowest BCUT2D eigenvalue weighted by atomic mass is 10.2. The van der Waals surface area contributed by atoms with E-state index in [2.05, 4.69) is 10.2 Å². The van der Waals surface area contributed by atoms with Crippen molar-refractivity contribution < 1.29 is 22.6 Å². The maximum absolute atomic E-state index is 12.8. The average Bonchev–Trinajstić information content (AvgIpc) is 3.32. The van der Waals surface area contributed by atoms with Crippen molar-refractivity contribution in [3.05, 3.63) is 64.7 Å². The molecule has 0 saturated carbocycles. The molecular formula is C20H19N5O6S2. The summed E-state index contributed by atoms with van der Waals surface area (Å²) in [5.74, 6) is 0.269. The Balaban J connectivity index is 1.31. The maximum Gasteiger partial charge on any atom is 0.277 e. The van der Waals surface area contributed by atoms with Crippen LogP contribution in [0, 0.1) is 10.1 Å². The van der Waals surface area contributed by atoms with E-state index in [-0.39, 0.29) is 53.6 Å². The van der Waals surface area contributed by atoms with Crippen molar-refractivity contribution in [3.63, 3.8) is 0 Å². The monoisotopic (exact) mass is 489 g/mol. The SMILES string of the molecule is O=C(CSc1nnc(-c2ccccc2)o1)N1CCN(S(=O)(=O)c2cccc([N+](=O)[O-])c2)CC1. The highest BCUT2D eigenvalue weighted by atomic mass is 32.2. The van der Waals surface area contributed by atoms with Crippen molar-refractivity contribution in [2.24, 2.45) is 0 Å². The summed E-state index contributed by atoms with van der Waals surface area (Å²) < 4.78 is 32.5. The smallest absolute Gasteiger partial charge is 0.277 e. The van der Waals surface area contributed by atoms with E-state index in [0.717, 1.165) is 23.4 Å². The summed E-state index contributed by atoms with van der Waals surface area (Å²) in [6.45, 7) is 0.625. The van der Waals surface area contributed by atoms with Gasteiger partial charge in [0.1, 0.15) is 0 Å². The highest BCUT2D eigenvalue weighted by molar-refractivity contribution is 7.99. The molecule has 2 aromatic carbocycles. The molecule has 1 aromatic heterocycles. The first-order valence-corrected chi connectivity index (χ1v) is 12.3. The number of hydrogen-bond donors (Lipinski definition) is 0. The van der Waals surface area contributed by atoms with Crippen LogP contribution in [0.4, 0.5) is 5.69 Å². The number of rotatable bonds is 7. The fraction of sp³-hybridized carbons (Fsp3) is 0.250. The van der Waals surface area contributed by atoms with Crippen LogP contribution in [-0.2, 0) is 14.8 Å². The highest BCUT2D eigenvalue weighted by Gasteiger charge is 2.31. The number of piperazine rings is 1. The van der Waals surface area contributed by atoms with Gasteiger partial charge < -0.3 is 9.32 Å². The lowest BCUT2D eigenvalue weighted by Crippen LogP contribution is -2.50. The number of benzene rings is 2. The zero-order valence-electron chi connectivity index (χ0n) is 17.2. The molecule has 0 unspecified atom stereocenters. The third-order valence-electron chi connectivity index (χ3n) is 5.00. The van der Waals surface area contributed by atoms with Crippen LogP contribution in [0.5, 0.6) is 0 Å². The summed E-state index contributed by atoms with van der Waals surface area (Å²) >= 11 is 1.12. The second kappa shape index (κ2) is 9.68. The Kier molecular flexibility index (Phi) is 6.72. The lowest BCUT2D eigenvalue weighted by Gasteiger charge is -2.33. The van der Waals surface area contributed by atoms with Crippen LogP contribution in [0.25, 0.3) is 11.5 Å². The van der Waals surface area contributed by atoms with Gasteiger partial charge in [-0.3, -0.25) is 14.9 Å². The van der Waals surface area contributed by atoms with Crippen molar-refractivity contribution in [1.29, 1.82) is 0 Å². The molecule has 11 nitrogen and oxygen atoms in total. The quantitative estimate of drug-likeness (QED) is 0.278. The predicted molar refractivity (Wildman–Crippen MR) is 119 cm³/mol. The standard InChI is InChI=1S/C20H19N5O6S2/c26-18(14-32-20-22-21-19(31-20)15-5-2-1-3-6-15)23-9-11-24(12-10-23)33(29,30)17-8-4-7-16(13-17)25(27)28/h1-8,13H,9-12,14H2. The van der Waals surface area contributed by atoms with Gasteiger partial charge in [-0.05, 0) is 18.2 Å². The molecule has 0 aliphatic carbocycles. The van der Waals surface area contributed by atoms with Crippen LogP contribution < -0.4 is 0 Å². The summed E-state index contributed by atoms with van der Waals surface area (Å²) in [5.41, 5.74) is 0.489. The van der Waals surface area contributed by atoms with Gasteiger partial charge in [0.15, 0.2) is 0 Å². The second-order valence-electron chi connectivity index (χ2n) is 7.07. The zero-order chi connectivity index (χ0) is 23.4. The summed E-state index contributed by atoms with van der Waals surface area (Å²) in [6, 6.07) is 14.2. The molecule has 0 spiro atoms. The Labute approximate surface area is 193 Å². The van der Waals surface area contributed by atoms with Gasteiger partial charge in [0, 0.05) is 43.9 Å². The van der Waals surface area contributed by atoms with Gasteiger partial charge in [-0.2, -0.15) is 4.31 Å². The Bertz CT molecular complexity index is 1260. The molecule has 0 radical (unpaired) electrons. The molecule has 0 N–H and O–H groups in total. The summed E-state index contributed by atoms with van der Waals surface area (Å²) in [5, 5.41) is 19.1. The normalized spacial score (nSPS) is 14.8. The minimum absolute atomic E-state index is 0.0774. The number of nitrogens with zero attached hydrogens (tertiary/aromatic N) is 5. The van der Waals surface area contributed by atoms with Crippen molar-refractivity contribution in [2.75, 3.05) is 31.9 Å². The molecule has 1 aliphatic heterocycles. The topological polar surface area (TPSA) is 140 Å². The van der Waals surface area contributed by atoms with Gasteiger partial charge in [0.05, 0.1) is 15.6 Å². The predicted octanol–water partition coefficient (Wildman–Crippen LogP) is 2.27. The zero-order valence-corrected chi connectivity index (χ0v) is 18.9. The molecule has 0 bridgehead atoms. The molecule has 13 heteroatoms. The second-order valence-corrected chi connectivity index (χ2v) is 9.93. The third kappa shape index (κ3) is 5.21. The van der Waals surface area contributed by atoms with E-state index >= 15 is 0 Å². The number of hydrogen-bond acceptors (Lipinski definition) is 9. The van der Waals surface area contributed by atoms with Gasteiger partial charge in [-0.1, -0.05) is 36.0 Å². The molecule has 1 amide bonds. The molecule has 3 aromatic rings. The van der Waals surface area contributed by atoms with Gasteiger partial charge >= 0.3 is 0 Å². The Morgan fingerprint density at radius 3 is 2.48 bits per heavy atom. The largest absolute Gasteiger partial charge is 0.411 e. The molecule has 1 fully saturated rings. The first kappa shape index (κ1) is 22.9. The molecule has 2 heterocycles. The average molecular weight is 490 g/mol. The van der Waals surface area contributed by atoms with Crippen LogP contribution in [0.3, 0.4) is 0 Å². The van der Waals surface area contributed by atoms with E-state index in [1.54, 1.807) is 4.90 Å². The van der Waals surface area contributed by atoms with Crippen LogP contribution in [0.15, 0.2) is 69.1 Å². The van der Waals surface area contributed by atoms with Crippen molar-refractivity contribution in [3.8, 4) is 11.5 Å². The molecule has 33 heavy (non-hydrogen) atoms. The van der Waals surface area contributed by atoms with E-state index < -0.39 is 14.9 Å². The minimum Gasteiger partial charge on any atom is -0.411 e. The van der Waals surface area contributed by atoms with E-state index in [0.29, 0.717) is 5.89 Å². The Morgan fingerprint density at radius 1 is 1.06 bits per heavy atom. The number of aromatic nitrogens is 2. The summed E-state index contributed by atoms with van der Waals surface area (Å²) in [4.78, 5) is 24.3. The molecule has 4 rings (SSSR count). The highest BCUT2D eigenvalue weighted by Crippen LogP contribution is 2.24. The molecular weight excluding hydrogens is 470 g/mol. The molecule has 0 atom stereocenters. The Morgan fingerprint density at radius 2 is 1.79 bits per heavy atom. The maximum atomic E-state index is 12.8. The van der Waals surface area contributed by atoms with E-state index in [1.165, 1.54) is 22.5 Å². The van der Waals surface area contributed by atoms with E-state index in [9.17, 15) is 23.3 Å².